The predicted molar refractivity (Wildman–Crippen MR) is 69.9 cm³/mol. The van der Waals surface area contributed by atoms with E-state index < -0.39 is 5.97 Å². The first-order valence-electron chi connectivity index (χ1n) is 4.49. The topological polar surface area (TPSA) is 40.1 Å². The van der Waals surface area contributed by atoms with Crippen molar-refractivity contribution in [2.45, 2.75) is 6.92 Å². The number of hydrogen-bond donors (Lipinski definition) is 0. The van der Waals surface area contributed by atoms with Crippen LogP contribution in [0, 0.1) is 0 Å². The van der Waals surface area contributed by atoms with E-state index in [1.807, 2.05) is 0 Å². The lowest BCUT2D eigenvalue weighted by molar-refractivity contribution is -0.849. The van der Waals surface area contributed by atoms with E-state index in [0.717, 1.165) is 15.9 Å². The van der Waals surface area contributed by atoms with Crippen molar-refractivity contribution < 1.29 is 18.9 Å². The normalized spacial score (nSPS) is 9.67. The molecule has 4 nitrogen and oxygen atoms in total. The summed E-state index contributed by atoms with van der Waals surface area (Å²) in [5, 5.41) is 8.89. The third-order valence-corrected chi connectivity index (χ3v) is 0. The second kappa shape index (κ2) is 9.99. The lowest BCUT2D eigenvalue weighted by Gasteiger charge is -2.14. The summed E-state index contributed by atoms with van der Waals surface area (Å²) in [4.78, 5) is 8.89. The molecular formula is C10H31BN2O2. The summed E-state index contributed by atoms with van der Waals surface area (Å²) < 4.78 is 2.00. The molecule has 0 amide bonds. The smallest absolute Gasteiger partial charge is 0.0675 e. The molecule has 0 aromatic rings. The third kappa shape index (κ3) is 5940. The summed E-state index contributed by atoms with van der Waals surface area (Å²) in [6, 6.07) is 0. The zero-order valence-corrected chi connectivity index (χ0v) is 11.2. The highest BCUT2D eigenvalue weighted by atomic mass is 16.4. The predicted octanol–water partition coefficient (Wildman–Crippen LogP) is -2.05. The maximum atomic E-state index is 8.89. The molecule has 15 heavy (non-hydrogen) atoms. The molecule has 0 saturated heterocycles. The van der Waals surface area contributed by atoms with Crippen LogP contribution in [0.25, 0.3) is 0 Å². The lowest BCUT2D eigenvalue weighted by Crippen LogP contribution is -2.27. The van der Waals surface area contributed by atoms with Gasteiger partial charge >= 0.3 is 0 Å². The van der Waals surface area contributed by atoms with Crippen molar-refractivity contribution in [1.82, 2.24) is 0 Å². The van der Waals surface area contributed by atoms with Gasteiger partial charge in [0, 0.05) is 5.97 Å². The molecule has 0 atom stereocenters. The molecular weight excluding hydrogens is 191 g/mol. The SMILES string of the molecule is CC(=O)[O-].C[N+](C)(C)C.C[N+](C)(C)C.[BH4-]. The zero-order chi connectivity index (χ0) is 12.6. The van der Waals surface area contributed by atoms with Crippen molar-refractivity contribution in [3.63, 3.8) is 0 Å². The van der Waals surface area contributed by atoms with Crippen LogP contribution in [0.2, 0.25) is 0 Å². The van der Waals surface area contributed by atoms with Gasteiger partial charge in [0.15, 0.2) is 0 Å². The summed E-state index contributed by atoms with van der Waals surface area (Å²) in [7, 11) is 17.0. The second-order valence-corrected chi connectivity index (χ2v) is 5.86. The van der Waals surface area contributed by atoms with E-state index in [0.29, 0.717) is 0 Å². The van der Waals surface area contributed by atoms with E-state index in [1.54, 1.807) is 0 Å². The Bertz CT molecular complexity index is 120. The Kier molecular flexibility index (Phi) is 15.9. The summed E-state index contributed by atoms with van der Waals surface area (Å²) >= 11 is 0. The van der Waals surface area contributed by atoms with E-state index in [9.17, 15) is 0 Å². The number of nitrogens with zero attached hydrogens (tertiary/aromatic N) is 2. The molecule has 0 aliphatic carbocycles. The third-order valence-electron chi connectivity index (χ3n) is 0. The van der Waals surface area contributed by atoms with E-state index in [-0.39, 0.29) is 8.41 Å². The van der Waals surface area contributed by atoms with Gasteiger partial charge in [0.05, 0.1) is 56.4 Å². The van der Waals surface area contributed by atoms with Crippen LogP contribution in [0.4, 0.5) is 0 Å². The molecule has 0 unspecified atom stereocenters. The van der Waals surface area contributed by atoms with Gasteiger partial charge in [-0.15, -0.1) is 0 Å². The lowest BCUT2D eigenvalue weighted by atomic mass is 10.8. The molecule has 0 aliphatic heterocycles. The number of carboxylic acids is 1. The second-order valence-electron chi connectivity index (χ2n) is 5.86. The molecule has 0 radical (unpaired) electrons. The minimum Gasteiger partial charge on any atom is -0.550 e. The molecule has 0 aliphatic rings. The van der Waals surface area contributed by atoms with Crippen molar-refractivity contribution >= 4 is 14.4 Å². The summed E-state index contributed by atoms with van der Waals surface area (Å²) in [5.41, 5.74) is 0. The number of hydrogen-bond acceptors (Lipinski definition) is 2. The minimum absolute atomic E-state index is 0. The van der Waals surface area contributed by atoms with E-state index in [1.165, 1.54) is 0 Å². The maximum Gasteiger partial charge on any atom is 0.0675 e. The molecule has 0 aromatic carbocycles. The molecule has 96 valence electrons. The Morgan fingerprint density at radius 1 is 0.800 bits per heavy atom. The van der Waals surface area contributed by atoms with Crippen LogP contribution in [-0.4, -0.2) is 79.7 Å². The summed E-state index contributed by atoms with van der Waals surface area (Å²) in [6.45, 7) is 0.972. The van der Waals surface area contributed by atoms with Crippen molar-refractivity contribution in [2.24, 2.45) is 0 Å². The van der Waals surface area contributed by atoms with Crippen LogP contribution < -0.4 is 5.11 Å². The number of carbonyl (C=O) groups excluding carboxylic acids is 1. The molecule has 0 aromatic heterocycles. The Morgan fingerprint density at radius 3 is 0.800 bits per heavy atom. The number of quaternary nitrogens is 2. The fourth-order valence-corrected chi connectivity index (χ4v) is 0. The van der Waals surface area contributed by atoms with Gasteiger partial charge in [0.2, 0.25) is 0 Å². The highest BCUT2D eigenvalue weighted by molar-refractivity contribution is 5.75. The molecule has 0 fully saturated rings. The first-order valence-corrected chi connectivity index (χ1v) is 4.49. The molecule has 0 bridgehead atoms. The Balaban J connectivity index is -0.0000000590. The largest absolute Gasteiger partial charge is 0.550 e. The quantitative estimate of drug-likeness (QED) is 0.349. The highest BCUT2D eigenvalue weighted by Crippen LogP contribution is 1.74. The fraction of sp³-hybridized carbons (Fsp3) is 0.900. The van der Waals surface area contributed by atoms with Gasteiger partial charge < -0.3 is 18.9 Å². The zero-order valence-electron chi connectivity index (χ0n) is 11.2. The van der Waals surface area contributed by atoms with E-state index >= 15 is 0 Å². The van der Waals surface area contributed by atoms with Gasteiger partial charge in [-0.2, -0.15) is 0 Å². The van der Waals surface area contributed by atoms with Crippen molar-refractivity contribution in [2.75, 3.05) is 56.4 Å². The maximum absolute atomic E-state index is 8.89. The molecule has 5 heteroatoms. The molecule has 0 heterocycles. The number of carbonyl (C=O) groups is 1. The first-order chi connectivity index (χ1) is 5.73. The van der Waals surface area contributed by atoms with Crippen LogP contribution >= 0.6 is 0 Å². The van der Waals surface area contributed by atoms with Crippen molar-refractivity contribution in [3.8, 4) is 0 Å². The molecule has 0 saturated carbocycles. The van der Waals surface area contributed by atoms with Crippen molar-refractivity contribution in [3.05, 3.63) is 0 Å². The average Bonchev–Trinajstić information content (AvgIpc) is 1.45. The van der Waals surface area contributed by atoms with E-state index in [4.69, 9.17) is 9.90 Å². The van der Waals surface area contributed by atoms with Gasteiger partial charge in [-0.05, 0) is 6.92 Å². The standard InChI is InChI=1S/2C4H12N.C2H4O2.BH4/c2*1-5(2,3)4;1-2(3)4;/h2*1-4H3;1H3,(H,3,4);1H4/q2*+1;;-1/p-1. The Labute approximate surface area is 97.3 Å². The number of aliphatic carboxylic acids is 1. The van der Waals surface area contributed by atoms with Gasteiger partial charge in [-0.1, -0.05) is 8.41 Å². The number of rotatable bonds is 0. The Hall–Kier alpha value is -0.545. The average molecular weight is 222 g/mol. The van der Waals surface area contributed by atoms with Crippen LogP contribution in [0.15, 0.2) is 0 Å². The Morgan fingerprint density at radius 2 is 0.800 bits per heavy atom. The summed E-state index contributed by atoms with van der Waals surface area (Å²) in [5.74, 6) is -1.08. The molecule has 0 N–H and O–H groups in total. The van der Waals surface area contributed by atoms with Crippen LogP contribution in [0.1, 0.15) is 6.92 Å². The summed E-state index contributed by atoms with van der Waals surface area (Å²) in [6.07, 6.45) is 0. The van der Waals surface area contributed by atoms with Crippen LogP contribution in [-0.2, 0) is 4.79 Å². The number of carboxylic acid groups (broad SMARTS) is 1. The fourth-order valence-electron chi connectivity index (χ4n) is 0. The van der Waals surface area contributed by atoms with Crippen LogP contribution in [0.5, 0.6) is 0 Å². The van der Waals surface area contributed by atoms with Crippen molar-refractivity contribution in [1.29, 1.82) is 0 Å². The molecule has 0 spiro atoms. The molecule has 0 rings (SSSR count). The van der Waals surface area contributed by atoms with E-state index in [2.05, 4.69) is 56.4 Å². The first kappa shape index (κ1) is 23.9. The van der Waals surface area contributed by atoms with Gasteiger partial charge in [-0.25, -0.2) is 0 Å². The monoisotopic (exact) mass is 222 g/mol. The van der Waals surface area contributed by atoms with Gasteiger partial charge in [0.1, 0.15) is 0 Å². The van der Waals surface area contributed by atoms with Gasteiger partial charge in [-0.3, -0.25) is 0 Å². The van der Waals surface area contributed by atoms with Gasteiger partial charge in [0.25, 0.3) is 0 Å². The van der Waals surface area contributed by atoms with Crippen LogP contribution in [0.3, 0.4) is 0 Å². The highest BCUT2D eigenvalue weighted by Gasteiger charge is 1.88. The minimum atomic E-state index is -1.08.